The van der Waals surface area contributed by atoms with Crippen LogP contribution in [0.3, 0.4) is 0 Å². The largest absolute Gasteiger partial charge is 0.385 e. The Morgan fingerprint density at radius 3 is 3.09 bits per heavy atom. The molecule has 0 heterocycles. The molecule has 3 aliphatic carbocycles. The van der Waals surface area contributed by atoms with Crippen LogP contribution in [0.1, 0.15) is 12.8 Å². The molecule has 11 heavy (non-hydrogen) atoms. The lowest BCUT2D eigenvalue weighted by molar-refractivity contribution is 0.0652. The van der Waals surface area contributed by atoms with E-state index >= 15 is 0 Å². The summed E-state index contributed by atoms with van der Waals surface area (Å²) < 4.78 is 0. The summed E-state index contributed by atoms with van der Waals surface area (Å²) in [5, 5.41) is 10.1. The van der Waals surface area contributed by atoms with E-state index < -0.39 is 5.60 Å². The second kappa shape index (κ2) is 1.61. The van der Waals surface area contributed by atoms with Gasteiger partial charge in [-0.3, -0.25) is 0 Å². The fourth-order valence-electron chi connectivity index (χ4n) is 3.00. The number of hydrogen-bond donors (Lipinski definition) is 1. The highest BCUT2D eigenvalue weighted by molar-refractivity contribution is 5.29. The highest BCUT2D eigenvalue weighted by atomic mass is 16.3. The Balaban J connectivity index is 2.09. The molecule has 0 aromatic heterocycles. The molecule has 0 aromatic carbocycles. The number of aliphatic hydroxyl groups is 1. The lowest BCUT2D eigenvalue weighted by atomic mass is 9.84. The van der Waals surface area contributed by atoms with Gasteiger partial charge in [-0.15, -0.1) is 0 Å². The first-order valence-electron chi connectivity index (χ1n) is 4.38. The molecule has 1 fully saturated rings. The maximum atomic E-state index is 10.1. The van der Waals surface area contributed by atoms with Crippen molar-refractivity contribution in [2.24, 2.45) is 17.8 Å². The highest BCUT2D eigenvalue weighted by Crippen LogP contribution is 2.54. The zero-order chi connectivity index (χ0) is 7.47. The lowest BCUT2D eigenvalue weighted by Gasteiger charge is -2.26. The van der Waals surface area contributed by atoms with E-state index in [1.54, 1.807) is 0 Å². The summed E-state index contributed by atoms with van der Waals surface area (Å²) in [6.07, 6.45) is 10.8. The van der Waals surface area contributed by atoms with Crippen LogP contribution in [-0.4, -0.2) is 10.7 Å². The van der Waals surface area contributed by atoms with Gasteiger partial charge in [-0.2, -0.15) is 0 Å². The second-order valence-corrected chi connectivity index (χ2v) is 4.07. The van der Waals surface area contributed by atoms with Crippen LogP contribution in [0.2, 0.25) is 0 Å². The predicted molar refractivity (Wildman–Crippen MR) is 42.9 cm³/mol. The zero-order valence-corrected chi connectivity index (χ0v) is 6.40. The summed E-state index contributed by atoms with van der Waals surface area (Å²) in [5.41, 5.74) is -0.456. The van der Waals surface area contributed by atoms with E-state index in [4.69, 9.17) is 0 Å². The lowest BCUT2D eigenvalue weighted by Crippen LogP contribution is -2.30. The molecule has 1 nitrogen and oxygen atoms in total. The monoisotopic (exact) mass is 148 g/mol. The number of rotatable bonds is 0. The Kier molecular flexibility index (Phi) is 0.880. The van der Waals surface area contributed by atoms with E-state index in [1.165, 1.54) is 6.42 Å². The molecule has 2 bridgehead atoms. The first-order valence-corrected chi connectivity index (χ1v) is 4.38. The van der Waals surface area contributed by atoms with Gasteiger partial charge in [0.1, 0.15) is 0 Å². The molecule has 3 rings (SSSR count). The van der Waals surface area contributed by atoms with Crippen LogP contribution in [0.5, 0.6) is 0 Å². The quantitative estimate of drug-likeness (QED) is 0.516. The second-order valence-electron chi connectivity index (χ2n) is 4.07. The molecule has 4 unspecified atom stereocenters. The average Bonchev–Trinajstić information content (AvgIpc) is 2.53. The van der Waals surface area contributed by atoms with Gasteiger partial charge in [0, 0.05) is 5.92 Å². The smallest absolute Gasteiger partial charge is 0.0898 e. The van der Waals surface area contributed by atoms with Crippen LogP contribution < -0.4 is 0 Å². The Morgan fingerprint density at radius 2 is 2.27 bits per heavy atom. The Bertz CT molecular complexity index is 254. The minimum atomic E-state index is -0.456. The SMILES string of the molecule is OC12C=CC(C1)C1CC=CC12. The molecule has 1 N–H and O–H groups in total. The van der Waals surface area contributed by atoms with Gasteiger partial charge in [-0.25, -0.2) is 0 Å². The molecular weight excluding hydrogens is 136 g/mol. The van der Waals surface area contributed by atoms with E-state index in [1.807, 2.05) is 6.08 Å². The molecule has 1 saturated carbocycles. The average molecular weight is 148 g/mol. The van der Waals surface area contributed by atoms with Crippen molar-refractivity contribution in [3.63, 3.8) is 0 Å². The van der Waals surface area contributed by atoms with Gasteiger partial charge < -0.3 is 5.11 Å². The summed E-state index contributed by atoms with van der Waals surface area (Å²) in [5.74, 6) is 1.84. The van der Waals surface area contributed by atoms with E-state index in [0.717, 1.165) is 12.3 Å². The van der Waals surface area contributed by atoms with Crippen molar-refractivity contribution in [1.29, 1.82) is 0 Å². The van der Waals surface area contributed by atoms with Crippen LogP contribution in [0.4, 0.5) is 0 Å². The topological polar surface area (TPSA) is 20.2 Å². The summed E-state index contributed by atoms with van der Waals surface area (Å²) in [4.78, 5) is 0. The molecule has 4 atom stereocenters. The van der Waals surface area contributed by atoms with Crippen molar-refractivity contribution >= 4 is 0 Å². The van der Waals surface area contributed by atoms with Crippen LogP contribution in [0, 0.1) is 17.8 Å². The van der Waals surface area contributed by atoms with Crippen LogP contribution in [0.15, 0.2) is 24.3 Å². The Hall–Kier alpha value is -0.560. The first-order chi connectivity index (χ1) is 5.30. The van der Waals surface area contributed by atoms with E-state index in [-0.39, 0.29) is 0 Å². The van der Waals surface area contributed by atoms with Crippen molar-refractivity contribution in [3.8, 4) is 0 Å². The molecule has 0 amide bonds. The number of hydrogen-bond acceptors (Lipinski definition) is 1. The van der Waals surface area contributed by atoms with Gasteiger partial charge in [-0.05, 0) is 24.7 Å². The van der Waals surface area contributed by atoms with Gasteiger partial charge in [0.15, 0.2) is 0 Å². The maximum absolute atomic E-state index is 10.1. The maximum Gasteiger partial charge on any atom is 0.0898 e. The summed E-state index contributed by atoms with van der Waals surface area (Å²) in [6, 6.07) is 0. The van der Waals surface area contributed by atoms with Gasteiger partial charge >= 0.3 is 0 Å². The molecule has 1 heteroatoms. The third kappa shape index (κ3) is 0.564. The van der Waals surface area contributed by atoms with Crippen molar-refractivity contribution in [2.45, 2.75) is 18.4 Å². The van der Waals surface area contributed by atoms with Gasteiger partial charge in [0.2, 0.25) is 0 Å². The van der Waals surface area contributed by atoms with E-state index in [2.05, 4.69) is 18.2 Å². The fraction of sp³-hybridized carbons (Fsp3) is 0.600. The summed E-state index contributed by atoms with van der Waals surface area (Å²) in [6.45, 7) is 0. The Labute approximate surface area is 66.4 Å². The van der Waals surface area contributed by atoms with Crippen molar-refractivity contribution in [3.05, 3.63) is 24.3 Å². The standard InChI is InChI=1S/C10H12O/c11-10-5-4-7(6-10)8-2-1-3-9(8)10/h1,3-5,7-9,11H,2,6H2. The fourth-order valence-corrected chi connectivity index (χ4v) is 3.00. The van der Waals surface area contributed by atoms with Gasteiger partial charge in [-0.1, -0.05) is 24.3 Å². The number of fused-ring (bicyclic) bond motifs is 5. The summed E-state index contributed by atoms with van der Waals surface area (Å²) >= 11 is 0. The molecule has 0 saturated heterocycles. The molecule has 58 valence electrons. The van der Waals surface area contributed by atoms with Crippen LogP contribution in [-0.2, 0) is 0 Å². The predicted octanol–water partition coefficient (Wildman–Crippen LogP) is 1.50. The first kappa shape index (κ1) is 6.01. The summed E-state index contributed by atoms with van der Waals surface area (Å²) in [7, 11) is 0. The molecule has 0 radical (unpaired) electrons. The molecular formula is C10H12O. The van der Waals surface area contributed by atoms with Crippen molar-refractivity contribution in [2.75, 3.05) is 0 Å². The molecule has 0 aromatic rings. The highest BCUT2D eigenvalue weighted by Gasteiger charge is 2.53. The van der Waals surface area contributed by atoms with Crippen molar-refractivity contribution < 1.29 is 5.11 Å². The van der Waals surface area contributed by atoms with Crippen molar-refractivity contribution in [1.82, 2.24) is 0 Å². The minimum Gasteiger partial charge on any atom is -0.385 e. The van der Waals surface area contributed by atoms with Gasteiger partial charge in [0.05, 0.1) is 5.60 Å². The van der Waals surface area contributed by atoms with Crippen LogP contribution >= 0.6 is 0 Å². The van der Waals surface area contributed by atoms with E-state index in [0.29, 0.717) is 11.8 Å². The van der Waals surface area contributed by atoms with E-state index in [9.17, 15) is 5.11 Å². The Morgan fingerprint density at radius 1 is 1.36 bits per heavy atom. The zero-order valence-electron chi connectivity index (χ0n) is 6.40. The van der Waals surface area contributed by atoms with Gasteiger partial charge in [0.25, 0.3) is 0 Å². The normalized spacial score (nSPS) is 57.4. The van der Waals surface area contributed by atoms with Crippen LogP contribution in [0.25, 0.3) is 0 Å². The molecule has 3 aliphatic rings. The third-order valence-electron chi connectivity index (χ3n) is 3.53. The minimum absolute atomic E-state index is 0.442. The number of allylic oxidation sites excluding steroid dienone is 2. The third-order valence-corrected chi connectivity index (χ3v) is 3.53. The molecule has 0 spiro atoms. The molecule has 0 aliphatic heterocycles.